The molecule has 0 aromatic heterocycles. The van der Waals surface area contributed by atoms with E-state index in [1.807, 2.05) is 6.07 Å². The number of nitrogens with one attached hydrogen (secondary N) is 2. The summed E-state index contributed by atoms with van der Waals surface area (Å²) in [5.74, 6) is -0.00292. The number of imide groups is 1. The van der Waals surface area contributed by atoms with E-state index in [-0.39, 0.29) is 0 Å². The van der Waals surface area contributed by atoms with Crippen molar-refractivity contribution in [3.05, 3.63) is 53.6 Å². The highest BCUT2D eigenvalue weighted by molar-refractivity contribution is 6.10. The van der Waals surface area contributed by atoms with Crippen molar-refractivity contribution in [1.82, 2.24) is 10.2 Å². The summed E-state index contributed by atoms with van der Waals surface area (Å²) in [5.41, 5.74) is 0.111. The molecular weight excluding hydrogens is 388 g/mol. The summed E-state index contributed by atoms with van der Waals surface area (Å²) in [6.07, 6.45) is 0. The molecule has 2 N–H and O–H groups in total. The molecule has 2 aliphatic heterocycles. The Balaban J connectivity index is 1.49. The van der Waals surface area contributed by atoms with Gasteiger partial charge in [-0.25, -0.2) is 4.79 Å². The van der Waals surface area contributed by atoms with Crippen LogP contribution in [0.1, 0.15) is 18.1 Å². The highest BCUT2D eigenvalue weighted by atomic mass is 16.6. The molecule has 2 aromatic carbocycles. The van der Waals surface area contributed by atoms with Gasteiger partial charge in [0.2, 0.25) is 5.91 Å². The summed E-state index contributed by atoms with van der Waals surface area (Å²) in [6.45, 7) is 1.98. The largest absolute Gasteiger partial charge is 0.486 e. The van der Waals surface area contributed by atoms with Crippen molar-refractivity contribution in [2.45, 2.75) is 12.5 Å². The molecule has 0 bridgehead atoms. The number of hydrogen-bond acceptors (Lipinski definition) is 6. The van der Waals surface area contributed by atoms with Gasteiger partial charge < -0.3 is 20.1 Å². The number of benzene rings is 2. The van der Waals surface area contributed by atoms with E-state index in [1.54, 1.807) is 49.4 Å². The van der Waals surface area contributed by atoms with Crippen LogP contribution in [-0.2, 0) is 15.1 Å². The van der Waals surface area contributed by atoms with Crippen LogP contribution >= 0.6 is 0 Å². The lowest BCUT2D eigenvalue weighted by Gasteiger charge is -2.25. The van der Waals surface area contributed by atoms with Crippen molar-refractivity contribution in [1.29, 1.82) is 5.26 Å². The maximum absolute atomic E-state index is 13.0. The maximum Gasteiger partial charge on any atom is 0.325 e. The van der Waals surface area contributed by atoms with E-state index < -0.39 is 29.9 Å². The fraction of sp³-hybridized carbons (Fsp3) is 0.238. The number of anilines is 1. The molecular formula is C21H18N4O5. The summed E-state index contributed by atoms with van der Waals surface area (Å²) in [5, 5.41) is 14.1. The molecule has 0 saturated carbocycles. The Morgan fingerprint density at radius 1 is 1.17 bits per heavy atom. The second-order valence-corrected chi connectivity index (χ2v) is 7.04. The van der Waals surface area contributed by atoms with Crippen molar-refractivity contribution in [3.63, 3.8) is 0 Å². The summed E-state index contributed by atoms with van der Waals surface area (Å²) in [4.78, 5) is 38.7. The average Bonchev–Trinajstić information content (AvgIpc) is 2.98. The first-order valence-corrected chi connectivity index (χ1v) is 9.25. The number of hydrogen-bond donors (Lipinski definition) is 2. The number of urea groups is 1. The Kier molecular flexibility index (Phi) is 4.75. The number of fused-ring (bicyclic) bond motifs is 1. The molecule has 152 valence electrons. The van der Waals surface area contributed by atoms with Gasteiger partial charge in [0, 0.05) is 5.69 Å². The summed E-state index contributed by atoms with van der Waals surface area (Å²) < 4.78 is 11.0. The van der Waals surface area contributed by atoms with Crippen LogP contribution in [0.4, 0.5) is 10.5 Å². The fourth-order valence-corrected chi connectivity index (χ4v) is 3.36. The van der Waals surface area contributed by atoms with Gasteiger partial charge in [-0.1, -0.05) is 6.07 Å². The van der Waals surface area contributed by atoms with E-state index in [4.69, 9.17) is 14.7 Å². The molecule has 9 heteroatoms. The zero-order valence-electron chi connectivity index (χ0n) is 16.1. The summed E-state index contributed by atoms with van der Waals surface area (Å²) in [6, 6.07) is 12.6. The van der Waals surface area contributed by atoms with Gasteiger partial charge in [-0.3, -0.25) is 14.5 Å². The van der Waals surface area contributed by atoms with Crippen LogP contribution in [0.3, 0.4) is 0 Å². The van der Waals surface area contributed by atoms with E-state index in [1.165, 1.54) is 0 Å². The Hall–Kier alpha value is -4.06. The first kappa shape index (κ1) is 19.3. The van der Waals surface area contributed by atoms with Crippen LogP contribution in [-0.4, -0.2) is 42.5 Å². The lowest BCUT2D eigenvalue weighted by Crippen LogP contribution is -2.42. The molecule has 30 heavy (non-hydrogen) atoms. The van der Waals surface area contributed by atoms with Gasteiger partial charge in [-0.05, 0) is 48.9 Å². The molecule has 9 nitrogen and oxygen atoms in total. The van der Waals surface area contributed by atoms with Gasteiger partial charge in [-0.2, -0.15) is 5.26 Å². The Morgan fingerprint density at radius 2 is 1.87 bits per heavy atom. The number of ether oxygens (including phenoxy) is 2. The number of amides is 4. The maximum atomic E-state index is 13.0. The molecule has 1 atom stereocenters. The Bertz CT molecular complexity index is 1080. The quantitative estimate of drug-likeness (QED) is 0.746. The smallest absolute Gasteiger partial charge is 0.325 e. The minimum absolute atomic E-state index is 0.398. The molecule has 2 heterocycles. The second kappa shape index (κ2) is 7.40. The summed E-state index contributed by atoms with van der Waals surface area (Å²) in [7, 11) is 0. The van der Waals surface area contributed by atoms with E-state index in [0.717, 1.165) is 4.90 Å². The van der Waals surface area contributed by atoms with Gasteiger partial charge in [0.1, 0.15) is 25.3 Å². The summed E-state index contributed by atoms with van der Waals surface area (Å²) >= 11 is 0. The number of rotatable bonds is 4. The lowest BCUT2D eigenvalue weighted by molar-refractivity contribution is -0.133. The van der Waals surface area contributed by atoms with Gasteiger partial charge in [0.25, 0.3) is 5.91 Å². The SMILES string of the molecule is C[C@@]1(c2ccc3c(c2)OCCO3)NC(=O)N(CC(=O)Nc2ccc(C#N)cc2)C1=O. The van der Waals surface area contributed by atoms with E-state index in [2.05, 4.69) is 10.6 Å². The lowest BCUT2D eigenvalue weighted by atomic mass is 9.91. The van der Waals surface area contributed by atoms with Crippen LogP contribution in [0.2, 0.25) is 0 Å². The minimum atomic E-state index is -1.33. The highest BCUT2D eigenvalue weighted by Crippen LogP contribution is 2.36. The van der Waals surface area contributed by atoms with Gasteiger partial charge >= 0.3 is 6.03 Å². The molecule has 0 unspecified atom stereocenters. The third kappa shape index (κ3) is 3.39. The normalized spacial score (nSPS) is 19.8. The Labute approximate surface area is 172 Å². The number of nitrogens with zero attached hydrogens (tertiary/aromatic N) is 2. The van der Waals surface area contributed by atoms with Crippen molar-refractivity contribution in [3.8, 4) is 17.6 Å². The fourth-order valence-electron chi connectivity index (χ4n) is 3.36. The van der Waals surface area contributed by atoms with Crippen LogP contribution in [0.5, 0.6) is 11.5 Å². The van der Waals surface area contributed by atoms with Gasteiger partial charge in [0.15, 0.2) is 11.5 Å². The second-order valence-electron chi connectivity index (χ2n) is 7.04. The van der Waals surface area contributed by atoms with Crippen LogP contribution in [0.25, 0.3) is 0 Å². The predicted octanol–water partition coefficient (Wildman–Crippen LogP) is 1.74. The standard InChI is InChI=1S/C21H18N4O5/c1-21(14-4-7-16-17(10-14)30-9-8-29-16)19(27)25(20(28)24-21)12-18(26)23-15-5-2-13(11-22)3-6-15/h2-7,10H,8-9,12H2,1H3,(H,23,26)(H,24,28)/t21-/m0/s1. The highest BCUT2D eigenvalue weighted by Gasteiger charge is 2.49. The predicted molar refractivity (Wildman–Crippen MR) is 105 cm³/mol. The molecule has 0 aliphatic carbocycles. The van der Waals surface area contributed by atoms with Crippen molar-refractivity contribution >= 4 is 23.5 Å². The monoisotopic (exact) mass is 406 g/mol. The third-order valence-corrected chi connectivity index (χ3v) is 4.99. The molecule has 1 saturated heterocycles. The topological polar surface area (TPSA) is 121 Å². The molecule has 2 aromatic rings. The number of carbonyl (C=O) groups is 3. The van der Waals surface area contributed by atoms with Gasteiger partial charge in [0.05, 0.1) is 11.6 Å². The molecule has 4 rings (SSSR count). The molecule has 2 aliphatic rings. The first-order chi connectivity index (χ1) is 14.4. The zero-order valence-corrected chi connectivity index (χ0v) is 16.1. The Morgan fingerprint density at radius 3 is 2.57 bits per heavy atom. The molecule has 1 fully saturated rings. The van der Waals surface area contributed by atoms with Gasteiger partial charge in [-0.15, -0.1) is 0 Å². The van der Waals surface area contributed by atoms with Crippen LogP contribution < -0.4 is 20.1 Å². The number of carbonyl (C=O) groups excluding carboxylic acids is 3. The van der Waals surface area contributed by atoms with E-state index in [9.17, 15) is 14.4 Å². The van der Waals surface area contributed by atoms with Crippen LogP contribution in [0, 0.1) is 11.3 Å². The zero-order chi connectivity index (χ0) is 21.3. The molecule has 0 spiro atoms. The van der Waals surface area contributed by atoms with E-state index in [0.29, 0.717) is 41.5 Å². The van der Waals surface area contributed by atoms with Crippen molar-refractivity contribution in [2.24, 2.45) is 0 Å². The molecule has 4 amide bonds. The van der Waals surface area contributed by atoms with E-state index >= 15 is 0 Å². The van der Waals surface area contributed by atoms with Crippen molar-refractivity contribution in [2.75, 3.05) is 25.1 Å². The van der Waals surface area contributed by atoms with Crippen molar-refractivity contribution < 1.29 is 23.9 Å². The minimum Gasteiger partial charge on any atom is -0.486 e. The third-order valence-electron chi connectivity index (χ3n) is 4.99. The first-order valence-electron chi connectivity index (χ1n) is 9.25. The average molecular weight is 406 g/mol. The number of nitriles is 1. The molecule has 0 radical (unpaired) electrons. The van der Waals surface area contributed by atoms with Crippen LogP contribution in [0.15, 0.2) is 42.5 Å².